The van der Waals surface area contributed by atoms with E-state index in [0.717, 1.165) is 5.56 Å². The van der Waals surface area contributed by atoms with E-state index in [9.17, 15) is 14.0 Å². The number of amides is 2. The van der Waals surface area contributed by atoms with E-state index < -0.39 is 0 Å². The van der Waals surface area contributed by atoms with Crippen molar-refractivity contribution in [2.24, 2.45) is 0 Å². The minimum absolute atomic E-state index is 0.0442. The van der Waals surface area contributed by atoms with Gasteiger partial charge in [-0.2, -0.15) is 11.3 Å². The highest BCUT2D eigenvalue weighted by Crippen LogP contribution is 2.14. The number of likely N-dealkylation sites (tertiary alicyclic amines) is 1. The van der Waals surface area contributed by atoms with Gasteiger partial charge in [0.05, 0.1) is 6.04 Å². The van der Waals surface area contributed by atoms with E-state index in [4.69, 9.17) is 0 Å². The van der Waals surface area contributed by atoms with Crippen LogP contribution in [0.3, 0.4) is 0 Å². The molecule has 0 spiro atoms. The van der Waals surface area contributed by atoms with Crippen LogP contribution >= 0.6 is 11.3 Å². The van der Waals surface area contributed by atoms with Crippen molar-refractivity contribution in [1.82, 2.24) is 10.2 Å². The summed E-state index contributed by atoms with van der Waals surface area (Å²) >= 11 is 1.47. The molecule has 2 amide bonds. The number of nitrogens with zero attached hydrogens (tertiary/aromatic N) is 1. The Morgan fingerprint density at radius 1 is 1.30 bits per heavy atom. The highest BCUT2D eigenvalue weighted by Gasteiger charge is 2.30. The highest BCUT2D eigenvalue weighted by molar-refractivity contribution is 7.08. The van der Waals surface area contributed by atoms with Crippen LogP contribution in [0.15, 0.2) is 41.1 Å². The molecule has 1 aromatic carbocycles. The van der Waals surface area contributed by atoms with Gasteiger partial charge in [-0.3, -0.25) is 9.59 Å². The second-order valence-electron chi connectivity index (χ2n) is 5.60. The predicted octanol–water partition coefficient (Wildman–Crippen LogP) is 2.46. The molecule has 3 rings (SSSR count). The van der Waals surface area contributed by atoms with Crippen LogP contribution in [0.4, 0.5) is 4.39 Å². The first-order valence-corrected chi connectivity index (χ1v) is 8.41. The number of carbonyl (C=O) groups is 2. The first kappa shape index (κ1) is 15.7. The van der Waals surface area contributed by atoms with Crippen molar-refractivity contribution < 1.29 is 14.0 Å². The van der Waals surface area contributed by atoms with Crippen LogP contribution in [0.2, 0.25) is 0 Å². The van der Waals surface area contributed by atoms with Gasteiger partial charge in [0, 0.05) is 30.5 Å². The molecule has 1 aromatic heterocycles. The normalized spacial score (nSPS) is 17.5. The summed E-state index contributed by atoms with van der Waals surface area (Å²) in [5.41, 5.74) is 1.62. The molecule has 0 radical (unpaired) electrons. The topological polar surface area (TPSA) is 49.4 Å². The van der Waals surface area contributed by atoms with Crippen LogP contribution in [-0.4, -0.2) is 35.8 Å². The molecule has 23 heavy (non-hydrogen) atoms. The molecular formula is C17H17FN2O2S. The van der Waals surface area contributed by atoms with Gasteiger partial charge in [0.15, 0.2) is 0 Å². The van der Waals surface area contributed by atoms with Gasteiger partial charge >= 0.3 is 0 Å². The zero-order chi connectivity index (χ0) is 16.2. The minimum Gasteiger partial charge on any atom is -0.347 e. The summed E-state index contributed by atoms with van der Waals surface area (Å²) in [5.74, 6) is -0.352. The fraction of sp³-hybridized carbons (Fsp3) is 0.294. The maximum atomic E-state index is 12.9. The summed E-state index contributed by atoms with van der Waals surface area (Å²) in [6, 6.07) is 7.92. The summed E-state index contributed by atoms with van der Waals surface area (Å²) in [6.45, 7) is 1.10. The SMILES string of the molecule is O=C(N[C@H]1CC(=O)N(CCc2ccc(F)cc2)C1)c1ccsc1. The van der Waals surface area contributed by atoms with E-state index in [1.165, 1.54) is 23.5 Å². The lowest BCUT2D eigenvalue weighted by Gasteiger charge is -2.17. The fourth-order valence-corrected chi connectivity index (χ4v) is 3.30. The van der Waals surface area contributed by atoms with Crippen LogP contribution in [-0.2, 0) is 11.2 Å². The maximum absolute atomic E-state index is 12.9. The second kappa shape index (κ2) is 6.91. The Bertz CT molecular complexity index is 685. The molecule has 0 aliphatic carbocycles. The lowest BCUT2D eigenvalue weighted by molar-refractivity contribution is -0.127. The number of nitrogens with one attached hydrogen (secondary N) is 1. The van der Waals surface area contributed by atoms with Gasteiger partial charge in [-0.25, -0.2) is 4.39 Å². The average Bonchev–Trinajstić information content (AvgIpc) is 3.17. The fourth-order valence-electron chi connectivity index (χ4n) is 2.66. The van der Waals surface area contributed by atoms with Crippen molar-refractivity contribution >= 4 is 23.2 Å². The van der Waals surface area contributed by atoms with Crippen molar-refractivity contribution in [2.75, 3.05) is 13.1 Å². The van der Waals surface area contributed by atoms with Gasteiger partial charge in [0.1, 0.15) is 5.82 Å². The van der Waals surface area contributed by atoms with E-state index in [-0.39, 0.29) is 23.7 Å². The quantitative estimate of drug-likeness (QED) is 0.914. The Hall–Kier alpha value is -2.21. The maximum Gasteiger partial charge on any atom is 0.252 e. The lowest BCUT2D eigenvalue weighted by atomic mass is 10.1. The number of carbonyl (C=O) groups excluding carboxylic acids is 2. The van der Waals surface area contributed by atoms with Crippen molar-refractivity contribution in [3.63, 3.8) is 0 Å². The predicted molar refractivity (Wildman–Crippen MR) is 86.9 cm³/mol. The molecule has 0 bridgehead atoms. The molecule has 0 unspecified atom stereocenters. The number of hydrogen-bond donors (Lipinski definition) is 1. The third kappa shape index (κ3) is 3.96. The Balaban J connectivity index is 1.51. The van der Waals surface area contributed by atoms with Gasteiger partial charge in [0.2, 0.25) is 5.91 Å². The number of thiophene rings is 1. The zero-order valence-corrected chi connectivity index (χ0v) is 13.3. The summed E-state index contributed by atoms with van der Waals surface area (Å²) < 4.78 is 12.9. The first-order valence-electron chi connectivity index (χ1n) is 7.47. The smallest absolute Gasteiger partial charge is 0.252 e. The van der Waals surface area contributed by atoms with E-state index in [0.29, 0.717) is 31.5 Å². The number of benzene rings is 1. The van der Waals surface area contributed by atoms with Crippen LogP contribution in [0.1, 0.15) is 22.3 Å². The lowest BCUT2D eigenvalue weighted by Crippen LogP contribution is -2.37. The molecule has 6 heteroatoms. The molecule has 0 saturated carbocycles. The van der Waals surface area contributed by atoms with Gasteiger partial charge in [-0.05, 0) is 35.6 Å². The molecule has 2 aromatic rings. The molecular weight excluding hydrogens is 315 g/mol. The zero-order valence-electron chi connectivity index (χ0n) is 12.5. The molecule has 1 N–H and O–H groups in total. The van der Waals surface area contributed by atoms with Crippen molar-refractivity contribution in [2.45, 2.75) is 18.9 Å². The van der Waals surface area contributed by atoms with Gasteiger partial charge < -0.3 is 10.2 Å². The molecule has 1 atom stereocenters. The molecule has 120 valence electrons. The summed E-state index contributed by atoms with van der Waals surface area (Å²) in [7, 11) is 0. The van der Waals surface area contributed by atoms with E-state index >= 15 is 0 Å². The summed E-state index contributed by atoms with van der Waals surface area (Å²) in [6.07, 6.45) is 1.01. The number of hydrogen-bond acceptors (Lipinski definition) is 3. The number of rotatable bonds is 5. The third-order valence-electron chi connectivity index (χ3n) is 3.92. The molecule has 1 aliphatic rings. The van der Waals surface area contributed by atoms with Gasteiger partial charge in [-0.15, -0.1) is 0 Å². The van der Waals surface area contributed by atoms with E-state index in [2.05, 4.69) is 5.32 Å². The first-order chi connectivity index (χ1) is 11.1. The third-order valence-corrected chi connectivity index (χ3v) is 4.60. The van der Waals surface area contributed by atoms with Crippen LogP contribution < -0.4 is 5.32 Å². The number of halogens is 1. The standard InChI is InChI=1S/C17H17FN2O2S/c18-14-3-1-12(2-4-14)5-7-20-10-15(9-16(20)21)19-17(22)13-6-8-23-11-13/h1-4,6,8,11,15H,5,7,9-10H2,(H,19,22)/t15-/m0/s1. The highest BCUT2D eigenvalue weighted by atomic mass is 32.1. The van der Waals surface area contributed by atoms with Gasteiger partial charge in [-0.1, -0.05) is 12.1 Å². The van der Waals surface area contributed by atoms with Gasteiger partial charge in [0.25, 0.3) is 5.91 Å². The summed E-state index contributed by atoms with van der Waals surface area (Å²) in [5, 5.41) is 6.54. The molecule has 1 fully saturated rings. The Kier molecular flexibility index (Phi) is 4.71. The average molecular weight is 332 g/mol. The monoisotopic (exact) mass is 332 g/mol. The molecule has 1 aliphatic heterocycles. The Morgan fingerprint density at radius 2 is 2.09 bits per heavy atom. The van der Waals surface area contributed by atoms with Crippen molar-refractivity contribution in [3.8, 4) is 0 Å². The van der Waals surface area contributed by atoms with E-state index in [1.54, 1.807) is 28.5 Å². The van der Waals surface area contributed by atoms with Crippen molar-refractivity contribution in [3.05, 3.63) is 58.0 Å². The Morgan fingerprint density at radius 3 is 2.78 bits per heavy atom. The second-order valence-corrected chi connectivity index (χ2v) is 6.38. The van der Waals surface area contributed by atoms with Crippen LogP contribution in [0.25, 0.3) is 0 Å². The molecule has 1 saturated heterocycles. The van der Waals surface area contributed by atoms with Crippen molar-refractivity contribution in [1.29, 1.82) is 0 Å². The minimum atomic E-state index is -0.262. The summed E-state index contributed by atoms with van der Waals surface area (Å²) in [4.78, 5) is 25.8. The van der Waals surface area contributed by atoms with Crippen LogP contribution in [0.5, 0.6) is 0 Å². The van der Waals surface area contributed by atoms with Crippen LogP contribution in [0, 0.1) is 5.82 Å². The Labute approximate surface area is 137 Å². The largest absolute Gasteiger partial charge is 0.347 e. The van der Waals surface area contributed by atoms with E-state index in [1.807, 2.05) is 5.38 Å². The molecule has 2 heterocycles. The molecule has 4 nitrogen and oxygen atoms in total.